The van der Waals surface area contributed by atoms with Crippen molar-refractivity contribution in [3.63, 3.8) is 0 Å². The van der Waals surface area contributed by atoms with Gasteiger partial charge in [-0.3, -0.25) is 4.79 Å². The minimum absolute atomic E-state index is 0.0254. The second kappa shape index (κ2) is 13.2. The molecule has 0 aromatic heterocycles. The summed E-state index contributed by atoms with van der Waals surface area (Å²) in [6, 6.07) is 18.6. The number of rotatable bonds is 9. The lowest BCUT2D eigenvalue weighted by Crippen LogP contribution is -2.50. The van der Waals surface area contributed by atoms with E-state index in [2.05, 4.69) is 10.6 Å². The van der Waals surface area contributed by atoms with Gasteiger partial charge in [-0.25, -0.2) is 13.2 Å². The van der Waals surface area contributed by atoms with Crippen LogP contribution in [-0.2, 0) is 10.0 Å². The lowest BCUT2D eigenvalue weighted by atomic mass is 9.99. The van der Waals surface area contributed by atoms with Gasteiger partial charge in [0, 0.05) is 30.9 Å². The first-order chi connectivity index (χ1) is 20.0. The minimum Gasteiger partial charge on any atom is -0.497 e. The number of methoxy groups -OCH3 is 1. The van der Waals surface area contributed by atoms with Crippen molar-refractivity contribution in [1.82, 2.24) is 9.21 Å². The second-order valence-corrected chi connectivity index (χ2v) is 12.3. The van der Waals surface area contributed by atoms with Gasteiger partial charge < -0.3 is 30.1 Å². The molecule has 0 saturated heterocycles. The molecule has 0 saturated carbocycles. The third-order valence-electron chi connectivity index (χ3n) is 7.16. The number of likely N-dealkylation sites (N-methyl/N-ethyl adjacent to an activating group) is 1. The van der Waals surface area contributed by atoms with Crippen molar-refractivity contribution in [2.45, 2.75) is 30.9 Å². The van der Waals surface area contributed by atoms with Crippen LogP contribution in [-0.4, -0.2) is 80.7 Å². The Labute approximate surface area is 246 Å². The van der Waals surface area contributed by atoms with Crippen molar-refractivity contribution in [2.75, 3.05) is 44.5 Å². The topological polar surface area (TPSA) is 138 Å². The number of aliphatic hydroxyl groups excluding tert-OH is 1. The number of nitrogens with one attached hydrogen (secondary N) is 2. The Morgan fingerprint density at radius 3 is 2.38 bits per heavy atom. The molecule has 0 spiro atoms. The van der Waals surface area contributed by atoms with E-state index in [1.807, 2.05) is 6.92 Å². The molecule has 0 bridgehead atoms. The van der Waals surface area contributed by atoms with Gasteiger partial charge in [-0.2, -0.15) is 4.31 Å². The van der Waals surface area contributed by atoms with Gasteiger partial charge in [0.15, 0.2) is 0 Å². The highest BCUT2D eigenvalue weighted by molar-refractivity contribution is 7.89. The molecule has 12 heteroatoms. The maximum absolute atomic E-state index is 13.7. The molecule has 0 fully saturated rings. The van der Waals surface area contributed by atoms with Crippen LogP contribution in [0.2, 0.25) is 0 Å². The van der Waals surface area contributed by atoms with Crippen molar-refractivity contribution in [2.24, 2.45) is 5.92 Å². The molecule has 3 aromatic carbocycles. The molecule has 224 valence electrons. The SMILES string of the molecule is COc1ccc(NC(=O)Nc2ccc3c(c2)C(=O)N([C@H](C)CO)C[C@H](C)[C@H](CN(C)S(=O)(=O)c2ccccc2)O3)cc1. The van der Waals surface area contributed by atoms with Crippen LogP contribution in [0.15, 0.2) is 77.7 Å². The van der Waals surface area contributed by atoms with Crippen molar-refractivity contribution >= 4 is 33.3 Å². The van der Waals surface area contributed by atoms with E-state index in [9.17, 15) is 23.1 Å². The van der Waals surface area contributed by atoms with Crippen molar-refractivity contribution in [3.8, 4) is 11.5 Å². The van der Waals surface area contributed by atoms with Crippen LogP contribution in [0.5, 0.6) is 11.5 Å². The highest BCUT2D eigenvalue weighted by Gasteiger charge is 2.35. The Balaban J connectivity index is 1.59. The Kier molecular flexibility index (Phi) is 9.71. The van der Waals surface area contributed by atoms with Gasteiger partial charge in [-0.15, -0.1) is 0 Å². The monoisotopic (exact) mass is 596 g/mol. The molecule has 3 N–H and O–H groups in total. The van der Waals surface area contributed by atoms with Gasteiger partial charge in [0.1, 0.15) is 17.6 Å². The van der Waals surface area contributed by atoms with E-state index in [4.69, 9.17) is 9.47 Å². The first-order valence-corrected chi connectivity index (χ1v) is 14.9. The van der Waals surface area contributed by atoms with Gasteiger partial charge in [0.05, 0.1) is 36.8 Å². The van der Waals surface area contributed by atoms with Crippen LogP contribution >= 0.6 is 0 Å². The predicted octanol–water partition coefficient (Wildman–Crippen LogP) is 3.88. The summed E-state index contributed by atoms with van der Waals surface area (Å²) in [7, 11) is -0.740. The fourth-order valence-electron chi connectivity index (χ4n) is 4.61. The van der Waals surface area contributed by atoms with Crippen LogP contribution < -0.4 is 20.1 Å². The molecule has 0 aliphatic carbocycles. The summed E-state index contributed by atoms with van der Waals surface area (Å²) in [5.41, 5.74) is 1.08. The number of sulfonamides is 1. The number of carbonyl (C=O) groups excluding carboxylic acids is 2. The number of amides is 3. The largest absolute Gasteiger partial charge is 0.497 e. The molecular formula is C30H36N4O7S. The molecule has 1 aliphatic rings. The van der Waals surface area contributed by atoms with E-state index in [1.165, 1.54) is 29.6 Å². The number of ether oxygens (including phenoxy) is 2. The Bertz CT molecular complexity index is 1500. The average Bonchev–Trinajstić information content (AvgIpc) is 2.99. The molecular weight excluding hydrogens is 560 g/mol. The normalized spacial score (nSPS) is 17.9. The van der Waals surface area contributed by atoms with E-state index >= 15 is 0 Å². The van der Waals surface area contributed by atoms with Crippen LogP contribution in [0.4, 0.5) is 16.2 Å². The summed E-state index contributed by atoms with van der Waals surface area (Å²) >= 11 is 0. The van der Waals surface area contributed by atoms with Crippen molar-refractivity contribution in [1.29, 1.82) is 0 Å². The molecule has 11 nitrogen and oxygen atoms in total. The quantitative estimate of drug-likeness (QED) is 0.341. The zero-order valence-electron chi connectivity index (χ0n) is 24.0. The van der Waals surface area contributed by atoms with Gasteiger partial charge in [-0.05, 0) is 61.5 Å². The molecule has 3 aromatic rings. The first-order valence-electron chi connectivity index (χ1n) is 13.5. The molecule has 0 unspecified atom stereocenters. The summed E-state index contributed by atoms with van der Waals surface area (Å²) < 4.78 is 39.1. The number of hydrogen-bond donors (Lipinski definition) is 3. The zero-order valence-corrected chi connectivity index (χ0v) is 24.8. The predicted molar refractivity (Wildman–Crippen MR) is 159 cm³/mol. The Morgan fingerprint density at radius 2 is 1.74 bits per heavy atom. The van der Waals surface area contributed by atoms with Gasteiger partial charge in [0.2, 0.25) is 10.0 Å². The number of aliphatic hydroxyl groups is 1. The molecule has 42 heavy (non-hydrogen) atoms. The molecule has 1 heterocycles. The Hall–Kier alpha value is -4.13. The first kappa shape index (κ1) is 30.8. The van der Waals surface area contributed by atoms with Crippen LogP contribution in [0, 0.1) is 5.92 Å². The zero-order chi connectivity index (χ0) is 30.4. The fraction of sp³-hybridized carbons (Fsp3) is 0.333. The minimum atomic E-state index is -3.78. The third kappa shape index (κ3) is 7.01. The van der Waals surface area contributed by atoms with Crippen molar-refractivity contribution in [3.05, 3.63) is 78.4 Å². The summed E-state index contributed by atoms with van der Waals surface area (Å²) in [6.07, 6.45) is -0.620. The standard InChI is InChI=1S/C30H36N4O7S/c1-20-17-34(21(2)19-35)29(36)26-16-23(32-30(37)31-22-10-13-24(40-4)14-11-22)12-15-27(26)41-28(20)18-33(3)42(38,39)25-8-6-5-7-9-25/h5-16,20-21,28,35H,17-19H2,1-4H3,(H2,31,32,37)/t20-,21+,28-/m0/s1. The fourth-order valence-corrected chi connectivity index (χ4v) is 5.81. The van der Waals surface area contributed by atoms with E-state index in [1.54, 1.807) is 73.5 Å². The number of anilines is 2. The highest BCUT2D eigenvalue weighted by atomic mass is 32.2. The molecule has 0 radical (unpaired) electrons. The molecule has 3 amide bonds. The highest BCUT2D eigenvalue weighted by Crippen LogP contribution is 2.31. The number of nitrogens with zero attached hydrogens (tertiary/aromatic N) is 2. The summed E-state index contributed by atoms with van der Waals surface area (Å²) in [6.45, 7) is 3.60. The smallest absolute Gasteiger partial charge is 0.323 e. The number of carbonyl (C=O) groups is 2. The second-order valence-electron chi connectivity index (χ2n) is 10.2. The molecule has 3 atom stereocenters. The Morgan fingerprint density at radius 1 is 1.10 bits per heavy atom. The van der Waals surface area contributed by atoms with Crippen LogP contribution in [0.25, 0.3) is 0 Å². The third-order valence-corrected chi connectivity index (χ3v) is 9.00. The summed E-state index contributed by atoms with van der Waals surface area (Å²) in [4.78, 5) is 28.1. The van der Waals surface area contributed by atoms with E-state index < -0.39 is 28.2 Å². The maximum Gasteiger partial charge on any atom is 0.323 e. The number of fused-ring (bicyclic) bond motifs is 1. The average molecular weight is 597 g/mol. The van der Waals surface area contributed by atoms with E-state index in [-0.39, 0.29) is 47.7 Å². The lowest BCUT2D eigenvalue weighted by molar-refractivity contribution is 0.0387. The lowest BCUT2D eigenvalue weighted by Gasteiger charge is -2.38. The summed E-state index contributed by atoms with van der Waals surface area (Å²) in [5.74, 6) is 0.247. The molecule has 1 aliphatic heterocycles. The van der Waals surface area contributed by atoms with Gasteiger partial charge in [-0.1, -0.05) is 25.1 Å². The van der Waals surface area contributed by atoms with Crippen LogP contribution in [0.1, 0.15) is 24.2 Å². The number of benzene rings is 3. The summed E-state index contributed by atoms with van der Waals surface area (Å²) in [5, 5.41) is 15.4. The number of urea groups is 1. The van der Waals surface area contributed by atoms with Gasteiger partial charge >= 0.3 is 6.03 Å². The van der Waals surface area contributed by atoms with Gasteiger partial charge in [0.25, 0.3) is 5.91 Å². The molecule has 4 rings (SSSR count). The van der Waals surface area contributed by atoms with Crippen LogP contribution in [0.3, 0.4) is 0 Å². The van der Waals surface area contributed by atoms with Crippen molar-refractivity contribution < 1.29 is 32.6 Å². The van der Waals surface area contributed by atoms with E-state index in [0.717, 1.165) is 0 Å². The van der Waals surface area contributed by atoms with E-state index in [0.29, 0.717) is 17.1 Å². The maximum atomic E-state index is 13.7. The number of hydrogen-bond acceptors (Lipinski definition) is 7.